The van der Waals surface area contributed by atoms with E-state index in [4.69, 9.17) is 14.2 Å². The summed E-state index contributed by atoms with van der Waals surface area (Å²) in [4.78, 5) is 28.6. The highest BCUT2D eigenvalue weighted by Crippen LogP contribution is 2.25. The summed E-state index contributed by atoms with van der Waals surface area (Å²) < 4.78 is 17.7. The zero-order valence-electron chi connectivity index (χ0n) is 17.1. The molecule has 3 heterocycles. The fraction of sp³-hybridized carbons (Fsp3) is 0.579. The van der Waals surface area contributed by atoms with Gasteiger partial charge in [0, 0.05) is 26.6 Å². The predicted octanol–water partition coefficient (Wildman–Crippen LogP) is 0.927. The highest BCUT2D eigenvalue weighted by Gasteiger charge is 2.32. The average molecular weight is 405 g/mol. The molecule has 0 spiro atoms. The fourth-order valence-electron chi connectivity index (χ4n) is 3.21. The third-order valence-corrected chi connectivity index (χ3v) is 4.51. The number of rotatable bonds is 6. The van der Waals surface area contributed by atoms with E-state index in [0.717, 1.165) is 5.57 Å². The Labute approximate surface area is 169 Å². The van der Waals surface area contributed by atoms with Crippen LogP contribution in [0.5, 0.6) is 0 Å². The van der Waals surface area contributed by atoms with E-state index in [1.807, 2.05) is 19.9 Å². The third-order valence-electron chi connectivity index (χ3n) is 4.51. The van der Waals surface area contributed by atoms with E-state index in [0.29, 0.717) is 43.4 Å². The van der Waals surface area contributed by atoms with Gasteiger partial charge in [0.15, 0.2) is 0 Å². The predicted molar refractivity (Wildman–Crippen MR) is 105 cm³/mol. The monoisotopic (exact) mass is 405 g/mol. The van der Waals surface area contributed by atoms with Crippen molar-refractivity contribution < 1.29 is 23.8 Å². The SMILES string of the molecule is COCc1cc(C(=O)NC2=NCC([C@@H]3C[C@H](OC(=O)NC(C)C)CO3)=C2)n(C)n1. The maximum Gasteiger partial charge on any atom is 0.407 e. The zero-order chi connectivity index (χ0) is 21.0. The molecule has 0 saturated carbocycles. The van der Waals surface area contributed by atoms with Crippen molar-refractivity contribution in [3.05, 3.63) is 29.1 Å². The average Bonchev–Trinajstić information content (AvgIpc) is 3.35. The van der Waals surface area contributed by atoms with Crippen LogP contribution in [0.3, 0.4) is 0 Å². The largest absolute Gasteiger partial charge is 0.444 e. The number of nitrogens with one attached hydrogen (secondary N) is 2. The number of amidine groups is 1. The smallest absolute Gasteiger partial charge is 0.407 e. The number of aryl methyl sites for hydroxylation is 1. The first-order chi connectivity index (χ1) is 13.9. The minimum absolute atomic E-state index is 0.0164. The van der Waals surface area contributed by atoms with Crippen molar-refractivity contribution in [2.24, 2.45) is 12.0 Å². The summed E-state index contributed by atoms with van der Waals surface area (Å²) in [5.41, 5.74) is 2.04. The van der Waals surface area contributed by atoms with Crippen molar-refractivity contribution in [3.63, 3.8) is 0 Å². The summed E-state index contributed by atoms with van der Waals surface area (Å²) in [7, 11) is 3.28. The summed E-state index contributed by atoms with van der Waals surface area (Å²) in [5, 5.41) is 9.72. The molecule has 0 unspecified atom stereocenters. The van der Waals surface area contributed by atoms with Crippen LogP contribution in [0.4, 0.5) is 4.79 Å². The van der Waals surface area contributed by atoms with Crippen LogP contribution in [0.25, 0.3) is 0 Å². The Kier molecular flexibility index (Phi) is 6.65. The molecule has 0 aromatic carbocycles. The molecule has 1 saturated heterocycles. The first kappa shape index (κ1) is 21.0. The maximum absolute atomic E-state index is 12.5. The summed E-state index contributed by atoms with van der Waals surface area (Å²) >= 11 is 0. The van der Waals surface area contributed by atoms with Gasteiger partial charge in [-0.25, -0.2) is 4.79 Å². The zero-order valence-corrected chi connectivity index (χ0v) is 17.1. The Morgan fingerprint density at radius 1 is 1.41 bits per heavy atom. The van der Waals surface area contributed by atoms with Crippen LogP contribution >= 0.6 is 0 Å². The van der Waals surface area contributed by atoms with Gasteiger partial charge in [-0.2, -0.15) is 5.10 Å². The van der Waals surface area contributed by atoms with Crippen molar-refractivity contribution in [1.82, 2.24) is 20.4 Å². The van der Waals surface area contributed by atoms with Crippen molar-refractivity contribution in [3.8, 4) is 0 Å². The molecule has 29 heavy (non-hydrogen) atoms. The third kappa shape index (κ3) is 5.42. The van der Waals surface area contributed by atoms with E-state index in [9.17, 15) is 9.59 Å². The fourth-order valence-corrected chi connectivity index (χ4v) is 3.21. The van der Waals surface area contributed by atoms with Crippen molar-refractivity contribution in [2.45, 2.75) is 45.1 Å². The number of ether oxygens (including phenoxy) is 3. The van der Waals surface area contributed by atoms with Crippen LogP contribution in [0.2, 0.25) is 0 Å². The number of methoxy groups -OCH3 is 1. The molecular formula is C19H27N5O5. The second-order valence-electron chi connectivity index (χ2n) is 7.34. The van der Waals surface area contributed by atoms with Gasteiger partial charge in [0.2, 0.25) is 0 Å². The Hall–Kier alpha value is -2.72. The first-order valence-electron chi connectivity index (χ1n) is 9.52. The van der Waals surface area contributed by atoms with Crippen LogP contribution in [-0.2, 0) is 27.9 Å². The standard InChI is InChI=1S/C19H27N5O5/c1-11(2)21-19(26)29-14-7-16(28-10-14)12-5-17(20-8-12)22-18(25)15-6-13(9-27-4)23-24(15)3/h5-6,11,14,16H,7-10H2,1-4H3,(H,21,26)(H,20,22,25)/t14-,16-/m0/s1. The van der Waals surface area contributed by atoms with E-state index >= 15 is 0 Å². The molecule has 1 aromatic rings. The lowest BCUT2D eigenvalue weighted by atomic mass is 10.1. The summed E-state index contributed by atoms with van der Waals surface area (Å²) in [6.07, 6.45) is 1.45. The quantitative estimate of drug-likeness (QED) is 0.727. The second-order valence-corrected chi connectivity index (χ2v) is 7.34. The van der Waals surface area contributed by atoms with Gasteiger partial charge >= 0.3 is 6.09 Å². The number of carbonyl (C=O) groups is 2. The minimum atomic E-state index is -0.442. The number of amides is 2. The molecule has 2 amide bonds. The summed E-state index contributed by atoms with van der Waals surface area (Å²) in [5.74, 6) is 0.183. The van der Waals surface area contributed by atoms with Gasteiger partial charge in [0.25, 0.3) is 5.91 Å². The van der Waals surface area contributed by atoms with Crippen LogP contribution in [-0.4, -0.2) is 66.1 Å². The normalized spacial score (nSPS) is 21.1. The second kappa shape index (κ2) is 9.19. The molecule has 2 aliphatic heterocycles. The Morgan fingerprint density at radius 2 is 2.21 bits per heavy atom. The Bertz CT molecular complexity index is 829. The lowest BCUT2D eigenvalue weighted by molar-refractivity contribution is 0.0749. The minimum Gasteiger partial charge on any atom is -0.444 e. The molecule has 158 valence electrons. The topological polar surface area (TPSA) is 116 Å². The van der Waals surface area contributed by atoms with Gasteiger partial charge in [-0.3, -0.25) is 14.5 Å². The lowest BCUT2D eigenvalue weighted by Gasteiger charge is -2.13. The molecule has 1 fully saturated rings. The van der Waals surface area contributed by atoms with Gasteiger partial charge < -0.3 is 24.8 Å². The van der Waals surface area contributed by atoms with E-state index in [1.165, 1.54) is 4.68 Å². The molecule has 0 aliphatic carbocycles. The summed E-state index contributed by atoms with van der Waals surface area (Å²) in [6.45, 7) is 4.85. The molecule has 3 rings (SSSR count). The molecule has 2 aliphatic rings. The molecule has 1 aromatic heterocycles. The Morgan fingerprint density at radius 3 is 2.93 bits per heavy atom. The van der Waals surface area contributed by atoms with Crippen LogP contribution in [0, 0.1) is 0 Å². The Balaban J connectivity index is 1.52. The van der Waals surface area contributed by atoms with Crippen molar-refractivity contribution in [2.75, 3.05) is 20.3 Å². The first-order valence-corrected chi connectivity index (χ1v) is 9.52. The molecule has 0 bridgehead atoms. The van der Waals surface area contributed by atoms with Gasteiger partial charge in [-0.1, -0.05) is 0 Å². The van der Waals surface area contributed by atoms with Crippen molar-refractivity contribution >= 4 is 17.8 Å². The van der Waals surface area contributed by atoms with Gasteiger partial charge in [-0.15, -0.1) is 0 Å². The van der Waals surface area contributed by atoms with Gasteiger partial charge in [0.1, 0.15) is 17.6 Å². The van der Waals surface area contributed by atoms with E-state index in [2.05, 4.69) is 20.7 Å². The molecule has 0 radical (unpaired) electrons. The number of alkyl carbamates (subject to hydrolysis) is 1. The maximum atomic E-state index is 12.5. The molecule has 10 nitrogen and oxygen atoms in total. The van der Waals surface area contributed by atoms with E-state index in [1.54, 1.807) is 20.2 Å². The molecule has 10 heteroatoms. The van der Waals surface area contributed by atoms with Gasteiger partial charge in [0.05, 0.1) is 31.6 Å². The number of carbonyl (C=O) groups excluding carboxylic acids is 2. The lowest BCUT2D eigenvalue weighted by Crippen LogP contribution is -2.34. The molecular weight excluding hydrogens is 378 g/mol. The van der Waals surface area contributed by atoms with Crippen molar-refractivity contribution in [1.29, 1.82) is 0 Å². The highest BCUT2D eigenvalue weighted by atomic mass is 16.6. The van der Waals surface area contributed by atoms with E-state index < -0.39 is 6.09 Å². The number of aromatic nitrogens is 2. The number of nitrogens with zero attached hydrogens (tertiary/aromatic N) is 3. The molecule has 2 atom stereocenters. The van der Waals surface area contributed by atoms with Crippen LogP contribution in [0.1, 0.15) is 36.5 Å². The number of aliphatic imine (C=N–C) groups is 1. The molecule has 2 N–H and O–H groups in total. The summed E-state index contributed by atoms with van der Waals surface area (Å²) in [6, 6.07) is 1.70. The van der Waals surface area contributed by atoms with Crippen LogP contribution < -0.4 is 10.6 Å². The van der Waals surface area contributed by atoms with Crippen LogP contribution in [0.15, 0.2) is 22.7 Å². The number of hydrogen-bond donors (Lipinski definition) is 2. The van der Waals surface area contributed by atoms with Gasteiger partial charge in [-0.05, 0) is 31.6 Å². The van der Waals surface area contributed by atoms with E-state index in [-0.39, 0.29) is 24.2 Å². The highest BCUT2D eigenvalue weighted by molar-refractivity contribution is 6.10. The number of hydrogen-bond acceptors (Lipinski definition) is 7.